The largest absolute Gasteiger partial charge is 0.452 e. The molecular formula is C22H21N3O5. The van der Waals surface area contributed by atoms with Crippen molar-refractivity contribution in [1.29, 1.82) is 0 Å². The first-order valence-electron chi connectivity index (χ1n) is 9.31. The standard InChI is InChI=1S/C22H21N3O5/c1-14(17-9-5-7-15-6-3-4-8-18(15)17)24-21(26)13-30-22(27)19-12-16(25(28)29)10-11-20(19)23-2/h3-12,14,23H,13H2,1-2H3,(H,24,26). The molecule has 3 rings (SSSR count). The summed E-state index contributed by atoms with van der Waals surface area (Å²) in [5.41, 5.74) is 1.07. The van der Waals surface area contributed by atoms with E-state index in [2.05, 4.69) is 10.6 Å². The lowest BCUT2D eigenvalue weighted by molar-refractivity contribution is -0.384. The maximum absolute atomic E-state index is 12.4. The van der Waals surface area contributed by atoms with Gasteiger partial charge in [0.05, 0.1) is 16.5 Å². The second-order valence-corrected chi connectivity index (χ2v) is 6.67. The molecule has 0 radical (unpaired) electrons. The van der Waals surface area contributed by atoms with Gasteiger partial charge in [-0.05, 0) is 29.3 Å². The molecule has 0 aliphatic carbocycles. The minimum Gasteiger partial charge on any atom is -0.452 e. The van der Waals surface area contributed by atoms with Gasteiger partial charge in [-0.1, -0.05) is 42.5 Å². The topological polar surface area (TPSA) is 111 Å². The number of carbonyl (C=O) groups excluding carboxylic acids is 2. The van der Waals surface area contributed by atoms with Gasteiger partial charge in [0, 0.05) is 24.9 Å². The van der Waals surface area contributed by atoms with E-state index in [-0.39, 0.29) is 17.3 Å². The van der Waals surface area contributed by atoms with Crippen LogP contribution in [-0.2, 0) is 9.53 Å². The van der Waals surface area contributed by atoms with E-state index in [1.54, 1.807) is 7.05 Å². The molecule has 0 saturated heterocycles. The van der Waals surface area contributed by atoms with Gasteiger partial charge in [0.2, 0.25) is 0 Å². The van der Waals surface area contributed by atoms with Crippen LogP contribution in [0.1, 0.15) is 28.9 Å². The normalized spacial score (nSPS) is 11.5. The number of carbonyl (C=O) groups is 2. The molecule has 0 aromatic heterocycles. The Kier molecular flexibility index (Phi) is 6.26. The lowest BCUT2D eigenvalue weighted by Gasteiger charge is -2.17. The Balaban J connectivity index is 1.66. The van der Waals surface area contributed by atoms with Crippen LogP contribution in [-0.4, -0.2) is 30.5 Å². The molecule has 0 saturated carbocycles. The van der Waals surface area contributed by atoms with Crippen molar-refractivity contribution in [2.45, 2.75) is 13.0 Å². The highest BCUT2D eigenvalue weighted by Gasteiger charge is 2.19. The summed E-state index contributed by atoms with van der Waals surface area (Å²) in [6, 6.07) is 17.2. The first-order chi connectivity index (χ1) is 14.4. The molecular weight excluding hydrogens is 386 g/mol. The fraction of sp³-hybridized carbons (Fsp3) is 0.182. The van der Waals surface area contributed by atoms with Crippen LogP contribution < -0.4 is 10.6 Å². The van der Waals surface area contributed by atoms with Crippen LogP contribution in [0.15, 0.2) is 60.7 Å². The predicted octanol–water partition coefficient (Wildman–Crippen LogP) is 3.82. The molecule has 0 aliphatic rings. The number of nitrogens with zero attached hydrogens (tertiary/aromatic N) is 1. The van der Waals surface area contributed by atoms with E-state index in [9.17, 15) is 19.7 Å². The van der Waals surface area contributed by atoms with Crippen molar-refractivity contribution in [1.82, 2.24) is 5.32 Å². The molecule has 1 atom stereocenters. The molecule has 154 valence electrons. The molecule has 1 unspecified atom stereocenters. The summed E-state index contributed by atoms with van der Waals surface area (Å²) in [6.45, 7) is 1.35. The van der Waals surface area contributed by atoms with Crippen molar-refractivity contribution in [3.8, 4) is 0 Å². The number of hydrogen-bond donors (Lipinski definition) is 2. The van der Waals surface area contributed by atoms with Gasteiger partial charge in [-0.3, -0.25) is 14.9 Å². The van der Waals surface area contributed by atoms with Crippen molar-refractivity contribution in [2.24, 2.45) is 0 Å². The van der Waals surface area contributed by atoms with E-state index in [1.807, 2.05) is 49.4 Å². The molecule has 0 bridgehead atoms. The number of nitro benzene ring substituents is 1. The highest BCUT2D eigenvalue weighted by Crippen LogP contribution is 2.24. The third kappa shape index (κ3) is 4.54. The van der Waals surface area contributed by atoms with Crippen LogP contribution in [0.4, 0.5) is 11.4 Å². The van der Waals surface area contributed by atoms with Crippen molar-refractivity contribution in [2.75, 3.05) is 19.0 Å². The lowest BCUT2D eigenvalue weighted by atomic mass is 10.00. The van der Waals surface area contributed by atoms with E-state index in [0.29, 0.717) is 5.69 Å². The van der Waals surface area contributed by atoms with Crippen LogP contribution in [0.5, 0.6) is 0 Å². The van der Waals surface area contributed by atoms with Crippen LogP contribution in [0.25, 0.3) is 10.8 Å². The Morgan fingerprint density at radius 3 is 2.57 bits per heavy atom. The van der Waals surface area contributed by atoms with Crippen molar-refractivity contribution < 1.29 is 19.2 Å². The fourth-order valence-electron chi connectivity index (χ4n) is 3.23. The molecule has 2 N–H and O–H groups in total. The summed E-state index contributed by atoms with van der Waals surface area (Å²) in [5, 5.41) is 18.6. The van der Waals surface area contributed by atoms with E-state index < -0.39 is 23.4 Å². The Hall–Kier alpha value is -3.94. The quantitative estimate of drug-likeness (QED) is 0.350. The minimum atomic E-state index is -0.823. The second-order valence-electron chi connectivity index (χ2n) is 6.67. The molecule has 30 heavy (non-hydrogen) atoms. The smallest absolute Gasteiger partial charge is 0.341 e. The van der Waals surface area contributed by atoms with Crippen molar-refractivity contribution in [3.05, 3.63) is 81.9 Å². The summed E-state index contributed by atoms with van der Waals surface area (Å²) < 4.78 is 5.08. The average molecular weight is 407 g/mol. The number of nitrogens with one attached hydrogen (secondary N) is 2. The number of non-ortho nitro benzene ring substituents is 1. The van der Waals surface area contributed by atoms with Gasteiger partial charge in [-0.15, -0.1) is 0 Å². The molecule has 3 aromatic rings. The zero-order valence-electron chi connectivity index (χ0n) is 16.5. The summed E-state index contributed by atoms with van der Waals surface area (Å²) in [4.78, 5) is 35.0. The number of ether oxygens (including phenoxy) is 1. The zero-order chi connectivity index (χ0) is 21.7. The number of esters is 1. The SMILES string of the molecule is CNc1ccc([N+](=O)[O-])cc1C(=O)OCC(=O)NC(C)c1cccc2ccccc12. The monoisotopic (exact) mass is 407 g/mol. The zero-order valence-corrected chi connectivity index (χ0v) is 16.5. The number of anilines is 1. The highest BCUT2D eigenvalue weighted by atomic mass is 16.6. The Bertz CT molecular complexity index is 1110. The average Bonchev–Trinajstić information content (AvgIpc) is 2.76. The van der Waals surface area contributed by atoms with E-state index in [4.69, 9.17) is 4.74 Å². The number of hydrogen-bond acceptors (Lipinski definition) is 6. The minimum absolute atomic E-state index is 0.0124. The van der Waals surface area contributed by atoms with Gasteiger partial charge < -0.3 is 15.4 Å². The molecule has 0 aliphatic heterocycles. The summed E-state index contributed by atoms with van der Waals surface area (Å²) in [7, 11) is 1.58. The van der Waals surface area contributed by atoms with Crippen LogP contribution in [0.2, 0.25) is 0 Å². The molecule has 8 nitrogen and oxygen atoms in total. The Morgan fingerprint density at radius 1 is 1.10 bits per heavy atom. The van der Waals surface area contributed by atoms with E-state index >= 15 is 0 Å². The van der Waals surface area contributed by atoms with Crippen molar-refractivity contribution >= 4 is 34.0 Å². The van der Waals surface area contributed by atoms with Gasteiger partial charge in [0.25, 0.3) is 11.6 Å². The summed E-state index contributed by atoms with van der Waals surface area (Å²) >= 11 is 0. The fourth-order valence-corrected chi connectivity index (χ4v) is 3.23. The van der Waals surface area contributed by atoms with Gasteiger partial charge >= 0.3 is 5.97 Å². The maximum atomic E-state index is 12.4. The first kappa shape index (κ1) is 20.8. The number of rotatable bonds is 7. The van der Waals surface area contributed by atoms with Gasteiger partial charge in [0.15, 0.2) is 6.61 Å². The Labute approximate surface area is 173 Å². The number of nitro groups is 1. The van der Waals surface area contributed by atoms with Crippen molar-refractivity contribution in [3.63, 3.8) is 0 Å². The summed E-state index contributed by atoms with van der Waals surface area (Å²) in [5.74, 6) is -1.30. The molecule has 0 fully saturated rings. The van der Waals surface area contributed by atoms with E-state index in [0.717, 1.165) is 22.4 Å². The number of benzene rings is 3. The highest BCUT2D eigenvalue weighted by molar-refractivity contribution is 5.97. The number of amides is 1. The van der Waals surface area contributed by atoms with Gasteiger partial charge in [0.1, 0.15) is 0 Å². The maximum Gasteiger partial charge on any atom is 0.341 e. The molecule has 0 heterocycles. The lowest BCUT2D eigenvalue weighted by Crippen LogP contribution is -2.31. The second kappa shape index (κ2) is 9.04. The first-order valence-corrected chi connectivity index (χ1v) is 9.31. The molecule has 3 aromatic carbocycles. The number of fused-ring (bicyclic) bond motifs is 1. The summed E-state index contributed by atoms with van der Waals surface area (Å²) in [6.07, 6.45) is 0. The van der Waals surface area contributed by atoms with Crippen LogP contribution >= 0.6 is 0 Å². The molecule has 0 spiro atoms. The predicted molar refractivity (Wildman–Crippen MR) is 113 cm³/mol. The van der Waals surface area contributed by atoms with Gasteiger partial charge in [-0.2, -0.15) is 0 Å². The third-order valence-electron chi connectivity index (χ3n) is 4.70. The molecule has 8 heteroatoms. The Morgan fingerprint density at radius 2 is 1.83 bits per heavy atom. The third-order valence-corrected chi connectivity index (χ3v) is 4.70. The molecule has 1 amide bonds. The van der Waals surface area contributed by atoms with Crippen LogP contribution in [0, 0.1) is 10.1 Å². The van der Waals surface area contributed by atoms with Gasteiger partial charge in [-0.25, -0.2) is 4.79 Å². The van der Waals surface area contributed by atoms with E-state index in [1.165, 1.54) is 12.1 Å². The van der Waals surface area contributed by atoms with Crippen LogP contribution in [0.3, 0.4) is 0 Å².